The number of benzene rings is 1. The van der Waals surface area contributed by atoms with E-state index >= 15 is 0 Å². The molecule has 1 aromatic carbocycles. The molecule has 19 heavy (non-hydrogen) atoms. The third kappa shape index (κ3) is 4.51. The monoisotopic (exact) mass is 261 g/mol. The van der Waals surface area contributed by atoms with Crippen LogP contribution in [0.4, 0.5) is 5.69 Å². The van der Waals surface area contributed by atoms with Crippen molar-refractivity contribution < 1.29 is 0 Å². The van der Waals surface area contributed by atoms with Crippen molar-refractivity contribution in [1.29, 1.82) is 0 Å². The Morgan fingerprint density at radius 1 is 1.16 bits per heavy atom. The number of nitrogens with one attached hydrogen (secondary N) is 1. The number of nitrogens with zero attached hydrogens (tertiary/aromatic N) is 1. The first-order valence-corrected chi connectivity index (χ1v) is 7.46. The molecule has 1 fully saturated rings. The zero-order chi connectivity index (χ0) is 13.7. The van der Waals surface area contributed by atoms with Crippen LogP contribution in [0, 0.1) is 5.92 Å². The molecule has 1 saturated heterocycles. The van der Waals surface area contributed by atoms with E-state index in [1.165, 1.54) is 37.2 Å². The predicted molar refractivity (Wildman–Crippen MR) is 82.3 cm³/mol. The first-order chi connectivity index (χ1) is 9.15. The highest BCUT2D eigenvalue weighted by molar-refractivity contribution is 5.44. The Balaban J connectivity index is 1.80. The molecule has 1 heterocycles. The van der Waals surface area contributed by atoms with E-state index in [-0.39, 0.29) is 6.04 Å². The van der Waals surface area contributed by atoms with E-state index < -0.39 is 0 Å². The van der Waals surface area contributed by atoms with Crippen molar-refractivity contribution >= 4 is 5.69 Å². The molecule has 1 aliphatic rings. The molecule has 2 rings (SSSR count). The molecule has 0 saturated carbocycles. The second-order valence-corrected chi connectivity index (χ2v) is 5.97. The van der Waals surface area contributed by atoms with Gasteiger partial charge in [0.15, 0.2) is 0 Å². The van der Waals surface area contributed by atoms with E-state index in [1.807, 2.05) is 0 Å². The SMILES string of the molecule is CC(C)C(N)CNc1ccc(CN2CCCC2)cc1. The fourth-order valence-electron chi connectivity index (χ4n) is 2.40. The van der Waals surface area contributed by atoms with E-state index in [0.717, 1.165) is 13.1 Å². The van der Waals surface area contributed by atoms with Crippen LogP contribution in [0.25, 0.3) is 0 Å². The second kappa shape index (κ2) is 6.92. The molecule has 0 spiro atoms. The predicted octanol–water partition coefficient (Wildman–Crippen LogP) is 2.68. The van der Waals surface area contributed by atoms with Crippen molar-refractivity contribution in [1.82, 2.24) is 4.90 Å². The maximum Gasteiger partial charge on any atom is 0.0340 e. The molecule has 1 aliphatic heterocycles. The van der Waals surface area contributed by atoms with Gasteiger partial charge in [0.1, 0.15) is 0 Å². The molecule has 0 aliphatic carbocycles. The molecular formula is C16H27N3. The number of likely N-dealkylation sites (tertiary alicyclic amines) is 1. The van der Waals surface area contributed by atoms with Gasteiger partial charge in [-0.25, -0.2) is 0 Å². The summed E-state index contributed by atoms with van der Waals surface area (Å²) in [6.07, 6.45) is 2.71. The summed E-state index contributed by atoms with van der Waals surface area (Å²) in [5.41, 5.74) is 8.61. The van der Waals surface area contributed by atoms with Gasteiger partial charge in [-0.2, -0.15) is 0 Å². The standard InChI is InChI=1S/C16H27N3/c1-13(2)16(17)11-18-15-7-5-14(6-8-15)12-19-9-3-4-10-19/h5-8,13,16,18H,3-4,9-12,17H2,1-2H3. The van der Waals surface area contributed by atoms with E-state index in [0.29, 0.717) is 5.92 Å². The van der Waals surface area contributed by atoms with Crippen LogP contribution in [-0.2, 0) is 6.54 Å². The van der Waals surface area contributed by atoms with Gasteiger partial charge in [-0.3, -0.25) is 4.90 Å². The van der Waals surface area contributed by atoms with Gasteiger partial charge in [-0.1, -0.05) is 26.0 Å². The van der Waals surface area contributed by atoms with Crippen LogP contribution in [0.3, 0.4) is 0 Å². The fourth-order valence-corrected chi connectivity index (χ4v) is 2.40. The summed E-state index contributed by atoms with van der Waals surface area (Å²) in [6.45, 7) is 8.75. The average Bonchev–Trinajstić information content (AvgIpc) is 2.90. The van der Waals surface area contributed by atoms with Gasteiger partial charge < -0.3 is 11.1 Å². The quantitative estimate of drug-likeness (QED) is 0.827. The topological polar surface area (TPSA) is 41.3 Å². The van der Waals surface area contributed by atoms with Crippen LogP contribution in [0.15, 0.2) is 24.3 Å². The molecule has 0 amide bonds. The Labute approximate surface area is 117 Å². The summed E-state index contributed by atoms with van der Waals surface area (Å²) in [6, 6.07) is 8.99. The third-order valence-electron chi connectivity index (χ3n) is 3.96. The van der Waals surface area contributed by atoms with Crippen LogP contribution >= 0.6 is 0 Å². The Hall–Kier alpha value is -1.06. The van der Waals surface area contributed by atoms with Gasteiger partial charge in [0.25, 0.3) is 0 Å². The summed E-state index contributed by atoms with van der Waals surface area (Å²) in [5.74, 6) is 0.516. The smallest absolute Gasteiger partial charge is 0.0340 e. The number of rotatable bonds is 6. The number of nitrogens with two attached hydrogens (primary N) is 1. The van der Waals surface area contributed by atoms with Crippen LogP contribution in [0.5, 0.6) is 0 Å². The summed E-state index contributed by atoms with van der Waals surface area (Å²) in [7, 11) is 0. The molecule has 0 bridgehead atoms. The molecule has 3 heteroatoms. The van der Waals surface area contributed by atoms with Gasteiger partial charge in [-0.15, -0.1) is 0 Å². The lowest BCUT2D eigenvalue weighted by molar-refractivity contribution is 0.331. The molecule has 1 aromatic rings. The zero-order valence-electron chi connectivity index (χ0n) is 12.2. The van der Waals surface area contributed by atoms with Crippen molar-refractivity contribution in [3.05, 3.63) is 29.8 Å². The maximum atomic E-state index is 6.03. The van der Waals surface area contributed by atoms with Crippen molar-refractivity contribution in [2.45, 2.75) is 39.3 Å². The molecular weight excluding hydrogens is 234 g/mol. The maximum absolute atomic E-state index is 6.03. The van der Waals surface area contributed by atoms with Crippen LogP contribution < -0.4 is 11.1 Å². The van der Waals surface area contributed by atoms with Gasteiger partial charge in [0.2, 0.25) is 0 Å². The van der Waals surface area contributed by atoms with Gasteiger partial charge >= 0.3 is 0 Å². The average molecular weight is 261 g/mol. The lowest BCUT2D eigenvalue weighted by atomic mass is 10.1. The lowest BCUT2D eigenvalue weighted by Crippen LogP contribution is -2.33. The van der Waals surface area contributed by atoms with Crippen molar-refractivity contribution in [2.75, 3.05) is 25.0 Å². The summed E-state index contributed by atoms with van der Waals surface area (Å²) >= 11 is 0. The second-order valence-electron chi connectivity index (χ2n) is 5.97. The first-order valence-electron chi connectivity index (χ1n) is 7.46. The summed E-state index contributed by atoms with van der Waals surface area (Å²) in [5, 5.41) is 3.41. The molecule has 1 atom stereocenters. The van der Waals surface area contributed by atoms with Crippen LogP contribution in [-0.4, -0.2) is 30.6 Å². The van der Waals surface area contributed by atoms with Crippen LogP contribution in [0.1, 0.15) is 32.3 Å². The highest BCUT2D eigenvalue weighted by Crippen LogP contribution is 2.15. The largest absolute Gasteiger partial charge is 0.383 e. The van der Waals surface area contributed by atoms with Crippen molar-refractivity contribution in [3.8, 4) is 0 Å². The Bertz CT molecular complexity index is 366. The highest BCUT2D eigenvalue weighted by atomic mass is 15.1. The van der Waals surface area contributed by atoms with E-state index in [4.69, 9.17) is 5.73 Å². The summed E-state index contributed by atoms with van der Waals surface area (Å²) in [4.78, 5) is 2.52. The van der Waals surface area contributed by atoms with Crippen LogP contribution in [0.2, 0.25) is 0 Å². The fraction of sp³-hybridized carbons (Fsp3) is 0.625. The number of anilines is 1. The number of hydrogen-bond acceptors (Lipinski definition) is 3. The molecule has 3 nitrogen and oxygen atoms in total. The molecule has 106 valence electrons. The minimum Gasteiger partial charge on any atom is -0.383 e. The van der Waals surface area contributed by atoms with Gasteiger partial charge in [-0.05, 0) is 49.5 Å². The van der Waals surface area contributed by atoms with E-state index in [9.17, 15) is 0 Å². The molecule has 0 radical (unpaired) electrons. The minimum absolute atomic E-state index is 0.212. The lowest BCUT2D eigenvalue weighted by Gasteiger charge is -2.18. The Morgan fingerprint density at radius 2 is 1.79 bits per heavy atom. The molecule has 0 aromatic heterocycles. The van der Waals surface area contributed by atoms with E-state index in [2.05, 4.69) is 48.3 Å². The van der Waals surface area contributed by atoms with Gasteiger partial charge in [0, 0.05) is 24.8 Å². The van der Waals surface area contributed by atoms with Crippen molar-refractivity contribution in [2.24, 2.45) is 11.7 Å². The molecule has 3 N–H and O–H groups in total. The van der Waals surface area contributed by atoms with Gasteiger partial charge in [0.05, 0.1) is 0 Å². The highest BCUT2D eigenvalue weighted by Gasteiger charge is 2.11. The Morgan fingerprint density at radius 3 is 2.37 bits per heavy atom. The zero-order valence-corrected chi connectivity index (χ0v) is 12.2. The minimum atomic E-state index is 0.212. The van der Waals surface area contributed by atoms with E-state index in [1.54, 1.807) is 0 Å². The Kier molecular flexibility index (Phi) is 5.23. The third-order valence-corrected chi connectivity index (χ3v) is 3.96. The first kappa shape index (κ1) is 14.4. The normalized spacial score (nSPS) is 17.9. The van der Waals surface area contributed by atoms with Crippen molar-refractivity contribution in [3.63, 3.8) is 0 Å². The summed E-state index contributed by atoms with van der Waals surface area (Å²) < 4.78 is 0. The molecule has 1 unspecified atom stereocenters. The number of hydrogen-bond donors (Lipinski definition) is 2.